The average molecular weight is 309 g/mol. The molecule has 5 nitrogen and oxygen atoms in total. The summed E-state index contributed by atoms with van der Waals surface area (Å²) in [5, 5.41) is 0. The maximum Gasteiger partial charge on any atom is 3.00 e. The van der Waals surface area contributed by atoms with Gasteiger partial charge < -0.3 is 23.3 Å². The molecule has 0 heterocycles. The van der Waals surface area contributed by atoms with E-state index in [1.807, 2.05) is 0 Å². The Balaban J connectivity index is -0.00000000500. The summed E-state index contributed by atoms with van der Waals surface area (Å²) in [6.45, 7) is 0. The van der Waals surface area contributed by atoms with Gasteiger partial charge in [-0.2, -0.15) is 0 Å². The Morgan fingerprint density at radius 1 is 0.417 bits per heavy atom. The fourth-order valence-corrected chi connectivity index (χ4v) is 0. The summed E-state index contributed by atoms with van der Waals surface area (Å²) in [4.78, 5) is 0. The average Bonchev–Trinajstić information content (AvgIpc) is 2.20. The summed E-state index contributed by atoms with van der Waals surface area (Å²) in [6.07, 6.45) is 0. The molecule has 0 saturated carbocycles. The van der Waals surface area contributed by atoms with E-state index in [-0.39, 0.29) is 40.4 Å². The Morgan fingerprint density at radius 2 is 0.417 bits per heavy atom. The molecule has 0 unspecified atom stereocenters. The van der Waals surface area contributed by atoms with Crippen molar-refractivity contribution in [2.24, 2.45) is 0 Å². The van der Waals surface area contributed by atoms with Gasteiger partial charge in [-0.05, 0) is 0 Å². The normalized spacial score (nSPS) is 2.50. The molecule has 0 amide bonds. The Hall–Kier alpha value is 2.55. The van der Waals surface area contributed by atoms with Crippen molar-refractivity contribution in [2.45, 2.75) is 0 Å². The predicted molar refractivity (Wildman–Crippen MR) is 40.8 cm³/mol. The SMILES string of the molecule is [Al+3].[Mg+2].[O-]Cl.[O-]Cl.[O-]Cl.[O-]Cl.[O-]Cl. The van der Waals surface area contributed by atoms with Gasteiger partial charge >= 0.3 is 40.4 Å². The molecule has 0 atom stereocenters. The van der Waals surface area contributed by atoms with Crippen molar-refractivity contribution in [3.8, 4) is 0 Å². The Labute approximate surface area is 122 Å². The van der Waals surface area contributed by atoms with Crippen LogP contribution in [0.3, 0.4) is 0 Å². The van der Waals surface area contributed by atoms with Crippen LogP contribution in [0.5, 0.6) is 0 Å². The van der Waals surface area contributed by atoms with Crippen LogP contribution in [-0.4, -0.2) is 40.4 Å². The monoisotopic (exact) mass is 306 g/mol. The van der Waals surface area contributed by atoms with Gasteiger partial charge in [0.1, 0.15) is 0 Å². The van der Waals surface area contributed by atoms with Crippen LogP contribution >= 0.6 is 59.3 Å². The van der Waals surface area contributed by atoms with Crippen LogP contribution in [-0.2, 0) is 0 Å². The van der Waals surface area contributed by atoms with Gasteiger partial charge in [-0.25, -0.2) is 59.3 Å². The van der Waals surface area contributed by atoms with Gasteiger partial charge in [0.15, 0.2) is 0 Å². The van der Waals surface area contributed by atoms with Crippen molar-refractivity contribution in [1.29, 1.82) is 0 Å². The summed E-state index contributed by atoms with van der Waals surface area (Å²) in [7, 11) is 0. The third kappa shape index (κ3) is 258. The second-order valence-corrected chi connectivity index (χ2v) is 0. The van der Waals surface area contributed by atoms with Crippen LogP contribution in [0.2, 0.25) is 0 Å². The zero-order valence-corrected chi connectivity index (χ0v) is 11.6. The smallest absolute Gasteiger partial charge is 0.769 e. The largest absolute Gasteiger partial charge is 3.00 e. The molecular weight excluding hydrogens is 309 g/mol. The molecule has 0 aliphatic heterocycles. The standard InChI is InChI=1S/Al.5ClO.Mg/c;5*1-2;/q+3;5*-1;+2. The molecule has 0 aliphatic rings. The fourth-order valence-electron chi connectivity index (χ4n) is 0. The third-order valence-corrected chi connectivity index (χ3v) is 0. The molecule has 0 saturated heterocycles. The molecule has 0 rings (SSSR count). The van der Waals surface area contributed by atoms with Crippen molar-refractivity contribution in [3.05, 3.63) is 0 Å². The van der Waals surface area contributed by atoms with Gasteiger partial charge in [0, 0.05) is 0 Å². The van der Waals surface area contributed by atoms with Crippen molar-refractivity contribution >= 4 is 99.7 Å². The first-order valence-corrected chi connectivity index (χ1v) is 2.31. The van der Waals surface area contributed by atoms with Crippen LogP contribution in [0.25, 0.3) is 0 Å². The van der Waals surface area contributed by atoms with E-state index in [0.717, 1.165) is 0 Å². The molecule has 12 heteroatoms. The fraction of sp³-hybridized carbons (Fsp3) is 0. The van der Waals surface area contributed by atoms with E-state index in [2.05, 4.69) is 59.3 Å². The minimum Gasteiger partial charge on any atom is -0.769 e. The molecule has 0 fully saturated rings. The van der Waals surface area contributed by atoms with E-state index < -0.39 is 0 Å². The predicted octanol–water partition coefficient (Wildman–Crippen LogP) is -3.26. The summed E-state index contributed by atoms with van der Waals surface area (Å²) in [5.74, 6) is 0. The third-order valence-electron chi connectivity index (χ3n) is 0. The number of rotatable bonds is 0. The second-order valence-electron chi connectivity index (χ2n) is 0. The molecular formula is AlCl5MgO5. The summed E-state index contributed by atoms with van der Waals surface area (Å²) >= 11 is 16.9. The van der Waals surface area contributed by atoms with Crippen molar-refractivity contribution in [3.63, 3.8) is 0 Å². The molecule has 0 aromatic heterocycles. The van der Waals surface area contributed by atoms with Crippen LogP contribution in [0, 0.1) is 0 Å². The Kier molecular flexibility index (Phi) is 1280. The topological polar surface area (TPSA) is 115 Å². The van der Waals surface area contributed by atoms with E-state index in [0.29, 0.717) is 0 Å². The first-order valence-electron chi connectivity index (χ1n) is 0.772. The van der Waals surface area contributed by atoms with Gasteiger partial charge in [0.25, 0.3) is 0 Å². The molecule has 12 heavy (non-hydrogen) atoms. The minimum absolute atomic E-state index is 0. The molecule has 0 spiro atoms. The Bertz CT molecular complexity index is 19.8. The Morgan fingerprint density at radius 3 is 0.417 bits per heavy atom. The molecule has 0 aliphatic carbocycles. The van der Waals surface area contributed by atoms with Crippen molar-refractivity contribution in [2.75, 3.05) is 0 Å². The van der Waals surface area contributed by atoms with E-state index in [1.165, 1.54) is 0 Å². The number of hydrogen-bond acceptors (Lipinski definition) is 5. The van der Waals surface area contributed by atoms with E-state index >= 15 is 0 Å². The van der Waals surface area contributed by atoms with Crippen LogP contribution < -0.4 is 23.3 Å². The van der Waals surface area contributed by atoms with Crippen LogP contribution in [0.15, 0.2) is 0 Å². The van der Waals surface area contributed by atoms with Gasteiger partial charge in [-0.3, -0.25) is 0 Å². The quantitative estimate of drug-likeness (QED) is 0.436. The molecule has 0 bridgehead atoms. The summed E-state index contributed by atoms with van der Waals surface area (Å²) in [6, 6.07) is 0. The van der Waals surface area contributed by atoms with Gasteiger partial charge in [-0.1, -0.05) is 0 Å². The van der Waals surface area contributed by atoms with Crippen LogP contribution in [0.1, 0.15) is 0 Å². The van der Waals surface area contributed by atoms with Gasteiger partial charge in [0.2, 0.25) is 0 Å². The number of halogens is 5. The summed E-state index contributed by atoms with van der Waals surface area (Å²) < 4.78 is 38.6. The maximum atomic E-state index is 7.72. The van der Waals surface area contributed by atoms with Gasteiger partial charge in [-0.15, -0.1) is 0 Å². The zero-order valence-electron chi connectivity index (χ0n) is 5.22. The maximum absolute atomic E-state index is 7.72. The minimum atomic E-state index is 0. The van der Waals surface area contributed by atoms with Crippen LogP contribution in [0.4, 0.5) is 0 Å². The molecule has 0 radical (unpaired) electrons. The zero-order chi connectivity index (χ0) is 10.0. The molecule has 0 aromatic rings. The first kappa shape index (κ1) is 46.9. The van der Waals surface area contributed by atoms with E-state index in [9.17, 15) is 0 Å². The van der Waals surface area contributed by atoms with Crippen molar-refractivity contribution < 1.29 is 23.3 Å². The summed E-state index contributed by atoms with van der Waals surface area (Å²) in [5.41, 5.74) is 0. The number of hydrogen-bond donors (Lipinski definition) is 0. The van der Waals surface area contributed by atoms with E-state index in [4.69, 9.17) is 23.3 Å². The molecule has 0 N–H and O–H groups in total. The second kappa shape index (κ2) is 328. The molecule has 70 valence electrons. The van der Waals surface area contributed by atoms with Gasteiger partial charge in [0.05, 0.1) is 0 Å². The first-order chi connectivity index (χ1) is 5.00. The van der Waals surface area contributed by atoms with Crippen molar-refractivity contribution in [1.82, 2.24) is 0 Å². The van der Waals surface area contributed by atoms with E-state index in [1.54, 1.807) is 0 Å². The molecule has 0 aromatic carbocycles.